The standard InChI is InChI=1S/C25H22N2O3/c1-17-9-11-18(12-10-17)24-26-22(25(28)27(24)20-7-5-4-6-8-20)15-19-13-14-21(29-2)16-23(19)30-3/h4-16H,1-3H3/b22-15+. The van der Waals surface area contributed by atoms with Crippen molar-refractivity contribution >= 4 is 23.5 Å². The lowest BCUT2D eigenvalue weighted by atomic mass is 10.1. The van der Waals surface area contributed by atoms with Gasteiger partial charge in [-0.3, -0.25) is 9.69 Å². The van der Waals surface area contributed by atoms with Crippen molar-refractivity contribution in [3.8, 4) is 11.5 Å². The minimum atomic E-state index is -0.186. The van der Waals surface area contributed by atoms with Gasteiger partial charge in [0.1, 0.15) is 23.0 Å². The lowest BCUT2D eigenvalue weighted by Crippen LogP contribution is -2.32. The first kappa shape index (κ1) is 19.5. The number of hydrogen-bond acceptors (Lipinski definition) is 4. The Bertz CT molecular complexity index is 1130. The number of para-hydroxylation sites is 1. The van der Waals surface area contributed by atoms with E-state index < -0.39 is 0 Å². The molecular formula is C25H22N2O3. The highest BCUT2D eigenvalue weighted by molar-refractivity contribution is 6.33. The van der Waals surface area contributed by atoms with Crippen molar-refractivity contribution in [2.45, 2.75) is 6.92 Å². The highest BCUT2D eigenvalue weighted by Crippen LogP contribution is 2.31. The molecule has 0 aromatic heterocycles. The minimum absolute atomic E-state index is 0.186. The Morgan fingerprint density at radius 2 is 1.63 bits per heavy atom. The molecule has 4 rings (SSSR count). The van der Waals surface area contributed by atoms with Crippen LogP contribution in [0.5, 0.6) is 11.5 Å². The van der Waals surface area contributed by atoms with Gasteiger partial charge in [-0.05, 0) is 37.3 Å². The van der Waals surface area contributed by atoms with Gasteiger partial charge in [0.25, 0.3) is 5.91 Å². The Balaban J connectivity index is 1.82. The number of amidine groups is 1. The molecule has 0 radical (unpaired) electrons. The van der Waals surface area contributed by atoms with Crippen LogP contribution in [-0.4, -0.2) is 26.0 Å². The van der Waals surface area contributed by atoms with Crippen molar-refractivity contribution in [2.75, 3.05) is 19.1 Å². The van der Waals surface area contributed by atoms with Gasteiger partial charge in [0.2, 0.25) is 0 Å². The van der Waals surface area contributed by atoms with E-state index in [1.807, 2.05) is 73.7 Å². The molecule has 1 aliphatic heterocycles. The number of ether oxygens (including phenoxy) is 2. The molecule has 0 saturated carbocycles. The van der Waals surface area contributed by atoms with Crippen molar-refractivity contribution in [1.82, 2.24) is 0 Å². The first-order chi connectivity index (χ1) is 14.6. The van der Waals surface area contributed by atoms with Crippen molar-refractivity contribution < 1.29 is 14.3 Å². The molecule has 1 aliphatic rings. The molecule has 3 aromatic carbocycles. The maximum atomic E-state index is 13.4. The third-order valence-corrected chi connectivity index (χ3v) is 4.92. The predicted molar refractivity (Wildman–Crippen MR) is 119 cm³/mol. The van der Waals surface area contributed by atoms with Gasteiger partial charge >= 0.3 is 0 Å². The van der Waals surface area contributed by atoms with Crippen LogP contribution in [0.2, 0.25) is 0 Å². The number of aliphatic imine (C=N–C) groups is 1. The zero-order valence-corrected chi connectivity index (χ0v) is 17.1. The Morgan fingerprint density at radius 1 is 0.900 bits per heavy atom. The molecule has 5 nitrogen and oxygen atoms in total. The topological polar surface area (TPSA) is 51.1 Å². The molecule has 0 saturated heterocycles. The number of amides is 1. The molecule has 0 unspecified atom stereocenters. The molecule has 30 heavy (non-hydrogen) atoms. The van der Waals surface area contributed by atoms with Gasteiger partial charge in [-0.1, -0.05) is 48.0 Å². The Morgan fingerprint density at radius 3 is 2.30 bits per heavy atom. The van der Waals surface area contributed by atoms with E-state index in [9.17, 15) is 4.79 Å². The van der Waals surface area contributed by atoms with Crippen LogP contribution < -0.4 is 14.4 Å². The Kier molecular flexibility index (Phi) is 5.35. The summed E-state index contributed by atoms with van der Waals surface area (Å²) in [7, 11) is 3.19. The van der Waals surface area contributed by atoms with Gasteiger partial charge in [0.05, 0.1) is 19.9 Å². The fourth-order valence-electron chi connectivity index (χ4n) is 3.31. The summed E-state index contributed by atoms with van der Waals surface area (Å²) in [5.41, 5.74) is 3.89. The fraction of sp³-hybridized carbons (Fsp3) is 0.120. The molecule has 0 atom stereocenters. The van der Waals surface area contributed by atoms with E-state index >= 15 is 0 Å². The number of hydrogen-bond donors (Lipinski definition) is 0. The Hall–Kier alpha value is -3.86. The molecular weight excluding hydrogens is 376 g/mol. The fourth-order valence-corrected chi connectivity index (χ4v) is 3.31. The number of aryl methyl sites for hydroxylation is 1. The SMILES string of the molecule is COc1ccc(/C=C2/N=C(c3ccc(C)cc3)N(c3ccccc3)C2=O)c(OC)c1. The molecule has 0 bridgehead atoms. The average Bonchev–Trinajstić information content (AvgIpc) is 3.11. The maximum Gasteiger partial charge on any atom is 0.282 e. The Labute approximate surface area is 175 Å². The number of methoxy groups -OCH3 is 2. The number of benzene rings is 3. The summed E-state index contributed by atoms with van der Waals surface area (Å²) in [5, 5.41) is 0. The lowest BCUT2D eigenvalue weighted by molar-refractivity contribution is -0.113. The summed E-state index contributed by atoms with van der Waals surface area (Å²) in [5.74, 6) is 1.71. The van der Waals surface area contributed by atoms with Crippen LogP contribution in [0.15, 0.2) is 83.5 Å². The molecule has 0 N–H and O–H groups in total. The molecule has 150 valence electrons. The maximum absolute atomic E-state index is 13.4. The highest BCUT2D eigenvalue weighted by atomic mass is 16.5. The molecule has 3 aromatic rings. The zero-order chi connectivity index (χ0) is 21.1. The molecule has 0 spiro atoms. The van der Waals surface area contributed by atoms with Crippen LogP contribution >= 0.6 is 0 Å². The van der Waals surface area contributed by atoms with Crippen molar-refractivity contribution in [3.63, 3.8) is 0 Å². The van der Waals surface area contributed by atoms with Gasteiger partial charge in [-0.25, -0.2) is 4.99 Å². The number of nitrogens with zero attached hydrogens (tertiary/aromatic N) is 2. The summed E-state index contributed by atoms with van der Waals surface area (Å²) < 4.78 is 10.7. The van der Waals surface area contributed by atoms with E-state index in [0.717, 1.165) is 22.4 Å². The van der Waals surface area contributed by atoms with Crippen LogP contribution in [0.1, 0.15) is 16.7 Å². The van der Waals surface area contributed by atoms with Gasteiger partial charge < -0.3 is 9.47 Å². The second-order valence-electron chi connectivity index (χ2n) is 6.92. The molecule has 1 heterocycles. The van der Waals surface area contributed by atoms with Crippen LogP contribution in [-0.2, 0) is 4.79 Å². The molecule has 0 aliphatic carbocycles. The lowest BCUT2D eigenvalue weighted by Gasteiger charge is -2.18. The molecule has 0 fully saturated rings. The first-order valence-electron chi connectivity index (χ1n) is 9.59. The van der Waals surface area contributed by atoms with E-state index in [-0.39, 0.29) is 5.91 Å². The van der Waals surface area contributed by atoms with Crippen LogP contribution in [0.3, 0.4) is 0 Å². The smallest absolute Gasteiger partial charge is 0.282 e. The largest absolute Gasteiger partial charge is 0.497 e. The third kappa shape index (κ3) is 3.70. The summed E-state index contributed by atoms with van der Waals surface area (Å²) in [4.78, 5) is 19.7. The van der Waals surface area contributed by atoms with E-state index in [0.29, 0.717) is 23.0 Å². The van der Waals surface area contributed by atoms with E-state index in [1.54, 1.807) is 31.3 Å². The quantitative estimate of drug-likeness (QED) is 0.578. The molecule has 1 amide bonds. The predicted octanol–water partition coefficient (Wildman–Crippen LogP) is 4.85. The van der Waals surface area contributed by atoms with Crippen LogP contribution in [0.25, 0.3) is 6.08 Å². The highest BCUT2D eigenvalue weighted by Gasteiger charge is 2.32. The summed E-state index contributed by atoms with van der Waals surface area (Å²) >= 11 is 0. The zero-order valence-electron chi connectivity index (χ0n) is 17.1. The minimum Gasteiger partial charge on any atom is -0.497 e. The average molecular weight is 398 g/mol. The van der Waals surface area contributed by atoms with Crippen LogP contribution in [0.4, 0.5) is 5.69 Å². The number of carbonyl (C=O) groups is 1. The summed E-state index contributed by atoms with van der Waals surface area (Å²) in [6.45, 7) is 2.03. The van der Waals surface area contributed by atoms with Crippen LogP contribution in [0, 0.1) is 6.92 Å². The van der Waals surface area contributed by atoms with E-state index in [4.69, 9.17) is 14.5 Å². The first-order valence-corrected chi connectivity index (χ1v) is 9.59. The van der Waals surface area contributed by atoms with E-state index in [1.165, 1.54) is 0 Å². The van der Waals surface area contributed by atoms with Gasteiger partial charge in [0, 0.05) is 17.2 Å². The normalized spacial score (nSPS) is 14.8. The van der Waals surface area contributed by atoms with Crippen molar-refractivity contribution in [1.29, 1.82) is 0 Å². The number of carbonyl (C=O) groups excluding carboxylic acids is 1. The van der Waals surface area contributed by atoms with Crippen molar-refractivity contribution in [2.24, 2.45) is 4.99 Å². The third-order valence-electron chi connectivity index (χ3n) is 4.92. The van der Waals surface area contributed by atoms with E-state index in [2.05, 4.69) is 0 Å². The monoisotopic (exact) mass is 398 g/mol. The van der Waals surface area contributed by atoms with Gasteiger partial charge in [0.15, 0.2) is 0 Å². The molecule has 5 heteroatoms. The number of rotatable bonds is 5. The second kappa shape index (κ2) is 8.25. The van der Waals surface area contributed by atoms with Gasteiger partial charge in [-0.15, -0.1) is 0 Å². The van der Waals surface area contributed by atoms with Gasteiger partial charge in [-0.2, -0.15) is 0 Å². The van der Waals surface area contributed by atoms with Crippen molar-refractivity contribution in [3.05, 3.63) is 95.2 Å². The number of anilines is 1. The summed E-state index contributed by atoms with van der Waals surface area (Å²) in [6.07, 6.45) is 1.75. The summed E-state index contributed by atoms with van der Waals surface area (Å²) in [6, 6.07) is 23.0. The second-order valence-corrected chi connectivity index (χ2v) is 6.92.